The average Bonchev–Trinajstić information content (AvgIpc) is 2.40. The van der Waals surface area contributed by atoms with Crippen LogP contribution in [0.5, 0.6) is 0 Å². The van der Waals surface area contributed by atoms with Crippen LogP contribution in [-0.4, -0.2) is 10.9 Å². The first-order chi connectivity index (χ1) is 8.75. The van der Waals surface area contributed by atoms with E-state index in [9.17, 15) is 4.79 Å². The second-order valence-corrected chi connectivity index (χ2v) is 5.68. The van der Waals surface area contributed by atoms with E-state index in [4.69, 9.17) is 0 Å². The van der Waals surface area contributed by atoms with Crippen LogP contribution in [0.25, 0.3) is 0 Å². The Morgan fingerprint density at radius 2 is 2.17 bits per heavy atom. The number of amides is 1. The zero-order chi connectivity index (χ0) is 12.8. The van der Waals surface area contributed by atoms with E-state index < -0.39 is 0 Å². The van der Waals surface area contributed by atoms with Gasteiger partial charge in [-0.2, -0.15) is 0 Å². The molecule has 0 atom stereocenters. The van der Waals surface area contributed by atoms with E-state index in [-0.39, 0.29) is 5.91 Å². The van der Waals surface area contributed by atoms with Gasteiger partial charge in [0.15, 0.2) is 0 Å². The highest BCUT2D eigenvalue weighted by Gasteiger charge is 2.15. The Labute approximate surface area is 117 Å². The number of rotatable bonds is 4. The van der Waals surface area contributed by atoms with E-state index in [1.165, 1.54) is 32.1 Å². The van der Waals surface area contributed by atoms with E-state index in [0.29, 0.717) is 11.0 Å². The van der Waals surface area contributed by atoms with Crippen LogP contribution in [0.15, 0.2) is 22.9 Å². The van der Waals surface area contributed by atoms with Crippen LogP contribution in [0.1, 0.15) is 44.9 Å². The van der Waals surface area contributed by atoms with Crippen molar-refractivity contribution in [3.63, 3.8) is 0 Å². The van der Waals surface area contributed by atoms with E-state index >= 15 is 0 Å². The van der Waals surface area contributed by atoms with Crippen molar-refractivity contribution >= 4 is 27.5 Å². The lowest BCUT2D eigenvalue weighted by Gasteiger charge is -2.21. The molecule has 0 aromatic carbocycles. The smallest absolute Gasteiger partial charge is 0.224 e. The Balaban J connectivity index is 1.76. The fourth-order valence-electron chi connectivity index (χ4n) is 2.50. The van der Waals surface area contributed by atoms with Gasteiger partial charge in [0.05, 0.1) is 5.69 Å². The Kier molecular flexibility index (Phi) is 5.17. The van der Waals surface area contributed by atoms with Gasteiger partial charge in [0.1, 0.15) is 4.60 Å². The lowest BCUT2D eigenvalue weighted by molar-refractivity contribution is -0.116. The van der Waals surface area contributed by atoms with Crippen molar-refractivity contribution in [1.82, 2.24) is 4.98 Å². The molecule has 1 aliphatic rings. The summed E-state index contributed by atoms with van der Waals surface area (Å²) in [5, 5.41) is 2.90. The molecule has 1 aromatic rings. The van der Waals surface area contributed by atoms with Gasteiger partial charge in [0.25, 0.3) is 0 Å². The predicted molar refractivity (Wildman–Crippen MR) is 76.4 cm³/mol. The molecule has 18 heavy (non-hydrogen) atoms. The van der Waals surface area contributed by atoms with Crippen LogP contribution in [0.3, 0.4) is 0 Å². The summed E-state index contributed by atoms with van der Waals surface area (Å²) in [4.78, 5) is 15.9. The first-order valence-corrected chi connectivity index (χ1v) is 7.45. The van der Waals surface area contributed by atoms with Gasteiger partial charge in [0, 0.05) is 12.6 Å². The fraction of sp³-hybridized carbons (Fsp3) is 0.571. The van der Waals surface area contributed by atoms with Gasteiger partial charge < -0.3 is 5.32 Å². The van der Waals surface area contributed by atoms with Crippen molar-refractivity contribution in [2.45, 2.75) is 44.9 Å². The molecule has 3 nitrogen and oxygen atoms in total. The fourth-order valence-corrected chi connectivity index (χ4v) is 2.85. The predicted octanol–water partition coefficient (Wildman–Crippen LogP) is 4.14. The number of aromatic nitrogens is 1. The van der Waals surface area contributed by atoms with E-state index in [1.54, 1.807) is 6.20 Å². The van der Waals surface area contributed by atoms with E-state index in [2.05, 4.69) is 26.2 Å². The Morgan fingerprint density at radius 1 is 1.39 bits per heavy atom. The third-order valence-electron chi connectivity index (χ3n) is 3.54. The molecule has 0 unspecified atom stereocenters. The lowest BCUT2D eigenvalue weighted by atomic mass is 9.86. The standard InChI is InChI=1S/C14H19BrN2O/c15-14-12(7-4-10-16-14)17-13(18)9-8-11-5-2-1-3-6-11/h4,7,10-11H,1-3,5-6,8-9H2,(H,17,18). The summed E-state index contributed by atoms with van der Waals surface area (Å²) in [6, 6.07) is 3.68. The van der Waals surface area contributed by atoms with Crippen molar-refractivity contribution in [3.8, 4) is 0 Å². The van der Waals surface area contributed by atoms with Gasteiger partial charge in [-0.15, -0.1) is 0 Å². The lowest BCUT2D eigenvalue weighted by Crippen LogP contribution is -2.15. The van der Waals surface area contributed by atoms with Gasteiger partial charge >= 0.3 is 0 Å². The van der Waals surface area contributed by atoms with Crippen molar-refractivity contribution in [1.29, 1.82) is 0 Å². The molecule has 1 saturated carbocycles. The van der Waals surface area contributed by atoms with Gasteiger partial charge in [-0.1, -0.05) is 32.1 Å². The Morgan fingerprint density at radius 3 is 2.89 bits per heavy atom. The molecule has 98 valence electrons. The summed E-state index contributed by atoms with van der Waals surface area (Å²) in [6.07, 6.45) is 9.96. The molecule has 1 N–H and O–H groups in total. The highest BCUT2D eigenvalue weighted by molar-refractivity contribution is 9.10. The number of halogens is 1. The Hall–Kier alpha value is -0.900. The summed E-state index contributed by atoms with van der Waals surface area (Å²) in [7, 11) is 0. The SMILES string of the molecule is O=C(CCC1CCCCC1)Nc1cccnc1Br. The number of nitrogens with zero attached hydrogens (tertiary/aromatic N) is 1. The van der Waals surface area contributed by atoms with Crippen LogP contribution < -0.4 is 5.32 Å². The molecule has 1 fully saturated rings. The number of carbonyl (C=O) groups is 1. The van der Waals surface area contributed by atoms with Crippen molar-refractivity contribution in [2.24, 2.45) is 5.92 Å². The minimum atomic E-state index is 0.0919. The first-order valence-electron chi connectivity index (χ1n) is 6.66. The van der Waals surface area contributed by atoms with Crippen molar-refractivity contribution < 1.29 is 4.79 Å². The molecule has 0 bridgehead atoms. The molecule has 1 heterocycles. The highest BCUT2D eigenvalue weighted by atomic mass is 79.9. The molecule has 0 radical (unpaired) electrons. The quantitative estimate of drug-likeness (QED) is 0.849. The van der Waals surface area contributed by atoms with Crippen LogP contribution in [-0.2, 0) is 4.79 Å². The molecule has 4 heteroatoms. The van der Waals surface area contributed by atoms with Gasteiger partial charge in [-0.25, -0.2) is 4.98 Å². The van der Waals surface area contributed by atoms with Crippen LogP contribution in [0, 0.1) is 5.92 Å². The first kappa shape index (κ1) is 13.5. The molecule has 1 amide bonds. The van der Waals surface area contributed by atoms with Crippen LogP contribution in [0.4, 0.5) is 5.69 Å². The number of nitrogens with one attached hydrogen (secondary N) is 1. The average molecular weight is 311 g/mol. The number of hydrogen-bond donors (Lipinski definition) is 1. The minimum Gasteiger partial charge on any atom is -0.324 e. The van der Waals surface area contributed by atoms with Crippen molar-refractivity contribution in [3.05, 3.63) is 22.9 Å². The second kappa shape index (κ2) is 6.88. The highest BCUT2D eigenvalue weighted by Crippen LogP contribution is 2.27. The number of anilines is 1. The van der Waals surface area contributed by atoms with Crippen LogP contribution in [0.2, 0.25) is 0 Å². The van der Waals surface area contributed by atoms with Gasteiger partial charge in [0.2, 0.25) is 5.91 Å². The normalized spacial score (nSPS) is 16.5. The molecule has 2 rings (SSSR count). The van der Waals surface area contributed by atoms with E-state index in [0.717, 1.165) is 18.0 Å². The Bertz CT molecular complexity index is 403. The molecule has 0 aliphatic heterocycles. The third-order valence-corrected chi connectivity index (χ3v) is 4.17. The largest absolute Gasteiger partial charge is 0.324 e. The molecule has 1 aliphatic carbocycles. The number of carbonyl (C=O) groups excluding carboxylic acids is 1. The van der Waals surface area contributed by atoms with Crippen LogP contribution >= 0.6 is 15.9 Å². The number of hydrogen-bond acceptors (Lipinski definition) is 2. The zero-order valence-corrected chi connectivity index (χ0v) is 12.1. The van der Waals surface area contributed by atoms with Gasteiger partial charge in [-0.3, -0.25) is 4.79 Å². The molecular formula is C14H19BrN2O. The second-order valence-electron chi connectivity index (χ2n) is 4.93. The molecule has 0 saturated heterocycles. The minimum absolute atomic E-state index is 0.0919. The third kappa shape index (κ3) is 4.09. The summed E-state index contributed by atoms with van der Waals surface area (Å²) in [5.41, 5.74) is 0.756. The maximum absolute atomic E-state index is 11.8. The molecule has 0 spiro atoms. The van der Waals surface area contributed by atoms with E-state index in [1.807, 2.05) is 12.1 Å². The molecular weight excluding hydrogens is 292 g/mol. The number of pyridine rings is 1. The summed E-state index contributed by atoms with van der Waals surface area (Å²) in [6.45, 7) is 0. The monoisotopic (exact) mass is 310 g/mol. The summed E-state index contributed by atoms with van der Waals surface area (Å²) < 4.78 is 0.691. The zero-order valence-electron chi connectivity index (χ0n) is 10.5. The molecule has 1 aromatic heterocycles. The topological polar surface area (TPSA) is 42.0 Å². The van der Waals surface area contributed by atoms with Gasteiger partial charge in [-0.05, 0) is 40.4 Å². The maximum atomic E-state index is 11.8. The van der Waals surface area contributed by atoms with Crippen molar-refractivity contribution in [2.75, 3.05) is 5.32 Å². The maximum Gasteiger partial charge on any atom is 0.224 e. The summed E-state index contributed by atoms with van der Waals surface area (Å²) >= 11 is 3.33. The summed E-state index contributed by atoms with van der Waals surface area (Å²) in [5.74, 6) is 0.844.